The van der Waals surface area contributed by atoms with Crippen LogP contribution in [0.15, 0.2) is 75.7 Å². The Morgan fingerprint density at radius 1 is 1.16 bits per heavy atom. The van der Waals surface area contributed by atoms with E-state index in [0.29, 0.717) is 35.2 Å². The number of nitrogens with one attached hydrogen (secondary N) is 2. The average molecular weight is 528 g/mol. The van der Waals surface area contributed by atoms with Gasteiger partial charge >= 0.3 is 6.18 Å². The Kier molecular flexibility index (Phi) is 7.60. The molecule has 0 aromatic heterocycles. The quantitative estimate of drug-likeness (QED) is 0.472. The summed E-state index contributed by atoms with van der Waals surface area (Å²) in [6.45, 7) is 7.07. The number of halogens is 4. The number of nitrogens with two attached hydrogens (primary N) is 1. The van der Waals surface area contributed by atoms with Crippen LogP contribution in [0.5, 0.6) is 0 Å². The van der Waals surface area contributed by atoms with E-state index in [4.69, 9.17) is 5.73 Å². The Balaban J connectivity index is 1.60. The number of hydrogen-bond donors (Lipinski definition) is 3. The van der Waals surface area contributed by atoms with Gasteiger partial charge in [-0.3, -0.25) is 9.79 Å². The number of benzene rings is 2. The van der Waals surface area contributed by atoms with E-state index >= 15 is 0 Å². The van der Waals surface area contributed by atoms with Crippen molar-refractivity contribution < 1.29 is 22.4 Å². The van der Waals surface area contributed by atoms with Crippen LogP contribution in [0, 0.1) is 12.7 Å². The van der Waals surface area contributed by atoms with Gasteiger partial charge in [-0.1, -0.05) is 12.6 Å². The minimum absolute atomic E-state index is 0.139. The summed E-state index contributed by atoms with van der Waals surface area (Å²) in [5, 5.41) is 5.42. The number of guanidine groups is 1. The molecule has 0 saturated carbocycles. The van der Waals surface area contributed by atoms with Crippen LogP contribution >= 0.6 is 0 Å². The Hall–Kier alpha value is -4.48. The van der Waals surface area contributed by atoms with E-state index in [9.17, 15) is 22.4 Å². The number of anilines is 2. The smallest absolute Gasteiger partial charge is 0.383 e. The Bertz CT molecular complexity index is 1390. The van der Waals surface area contributed by atoms with Gasteiger partial charge in [-0.2, -0.15) is 13.2 Å². The summed E-state index contributed by atoms with van der Waals surface area (Å²) in [5.41, 5.74) is 6.80. The number of aryl methyl sites for hydroxylation is 1. The lowest BCUT2D eigenvalue weighted by molar-refractivity contribution is -0.139. The predicted molar refractivity (Wildman–Crippen MR) is 140 cm³/mol. The summed E-state index contributed by atoms with van der Waals surface area (Å²) in [4.78, 5) is 28.0. The van der Waals surface area contributed by atoms with Crippen molar-refractivity contribution in [2.24, 2.45) is 20.7 Å². The first-order valence-corrected chi connectivity index (χ1v) is 11.7. The van der Waals surface area contributed by atoms with Gasteiger partial charge in [0.25, 0.3) is 5.91 Å². The standard InChI is InChI=1S/C26H25F4N7O/c1-3-32-21-14-33-25(37-10-4-5-11-37)36-22(21)23(31)35-20-12-16(7-6-15(20)2)24(38)34-17-8-9-19(27)18(13-17)26(28,29)30/h3,6-9,12-14,35H,1,4-5,10-11,31H2,2H3,(H,34,38)/b23-22-,32-21-. The van der Waals surface area contributed by atoms with Crippen molar-refractivity contribution in [2.45, 2.75) is 25.9 Å². The monoisotopic (exact) mass is 527 g/mol. The maximum atomic E-state index is 13.6. The first-order chi connectivity index (χ1) is 18.1. The minimum atomic E-state index is -4.90. The van der Waals surface area contributed by atoms with E-state index < -0.39 is 23.5 Å². The van der Waals surface area contributed by atoms with Gasteiger partial charge in [-0.15, -0.1) is 0 Å². The van der Waals surface area contributed by atoms with Crippen molar-refractivity contribution >= 4 is 35.2 Å². The Labute approximate surface area is 216 Å². The molecule has 8 nitrogen and oxygen atoms in total. The number of allylic oxidation sites excluding steroid dienone is 1. The molecule has 2 aliphatic heterocycles. The first-order valence-electron chi connectivity index (χ1n) is 11.7. The number of nitrogens with zero attached hydrogens (tertiary/aromatic N) is 4. The summed E-state index contributed by atoms with van der Waals surface area (Å²) in [5.74, 6) is -1.44. The van der Waals surface area contributed by atoms with Gasteiger partial charge in [-0.05, 0) is 55.7 Å². The summed E-state index contributed by atoms with van der Waals surface area (Å²) in [6.07, 6.45) is 0.0873. The van der Waals surface area contributed by atoms with Crippen molar-refractivity contribution in [3.8, 4) is 0 Å². The molecule has 4 N–H and O–H groups in total. The Morgan fingerprint density at radius 3 is 2.58 bits per heavy atom. The maximum Gasteiger partial charge on any atom is 0.419 e. The lowest BCUT2D eigenvalue weighted by Gasteiger charge is -2.21. The molecule has 1 amide bonds. The summed E-state index contributed by atoms with van der Waals surface area (Å²) >= 11 is 0. The fourth-order valence-electron chi connectivity index (χ4n) is 3.95. The van der Waals surface area contributed by atoms with Crippen molar-refractivity contribution in [1.29, 1.82) is 0 Å². The summed E-state index contributed by atoms with van der Waals surface area (Å²) in [7, 11) is 0. The van der Waals surface area contributed by atoms with Crippen LogP contribution in [0.25, 0.3) is 0 Å². The molecule has 2 heterocycles. The zero-order valence-corrected chi connectivity index (χ0v) is 20.4. The van der Waals surface area contributed by atoms with Crippen LogP contribution in [-0.4, -0.2) is 41.8 Å². The SMILES string of the molecule is C=C/N=C1/C=NC(N2CCCC2)=N/C1=C(/N)Nc1cc(C(=O)Nc2ccc(F)c(C(F)(F)F)c2)ccc1C. The van der Waals surface area contributed by atoms with Crippen molar-refractivity contribution in [1.82, 2.24) is 4.90 Å². The van der Waals surface area contributed by atoms with E-state index in [2.05, 4.69) is 32.2 Å². The van der Waals surface area contributed by atoms with E-state index in [-0.39, 0.29) is 17.1 Å². The molecule has 4 rings (SSSR count). The molecule has 38 heavy (non-hydrogen) atoms. The topological polar surface area (TPSA) is 107 Å². The van der Waals surface area contributed by atoms with Crippen LogP contribution in [0.2, 0.25) is 0 Å². The lowest BCUT2D eigenvalue weighted by Crippen LogP contribution is -2.31. The fraction of sp³-hybridized carbons (Fsp3) is 0.231. The molecular formula is C26H25F4N7O. The molecule has 0 bridgehead atoms. The van der Waals surface area contributed by atoms with Crippen LogP contribution < -0.4 is 16.4 Å². The second-order valence-electron chi connectivity index (χ2n) is 8.62. The highest BCUT2D eigenvalue weighted by molar-refractivity contribution is 6.41. The highest BCUT2D eigenvalue weighted by Crippen LogP contribution is 2.33. The number of alkyl halides is 3. The zero-order valence-electron chi connectivity index (χ0n) is 20.4. The lowest BCUT2D eigenvalue weighted by atomic mass is 10.1. The molecule has 2 aromatic rings. The predicted octanol–water partition coefficient (Wildman–Crippen LogP) is 5.07. The van der Waals surface area contributed by atoms with Crippen LogP contribution in [0.4, 0.5) is 28.9 Å². The van der Waals surface area contributed by atoms with E-state index in [1.54, 1.807) is 19.2 Å². The number of carbonyl (C=O) groups is 1. The number of carbonyl (C=O) groups excluding carboxylic acids is 1. The molecule has 12 heteroatoms. The molecule has 0 aliphatic carbocycles. The minimum Gasteiger partial charge on any atom is -0.383 e. The molecule has 0 spiro atoms. The fourth-order valence-corrected chi connectivity index (χ4v) is 3.95. The van der Waals surface area contributed by atoms with Gasteiger partial charge in [0.05, 0.1) is 11.8 Å². The largest absolute Gasteiger partial charge is 0.419 e. The molecular weight excluding hydrogens is 502 g/mol. The third-order valence-electron chi connectivity index (χ3n) is 5.93. The zero-order chi connectivity index (χ0) is 27.4. The molecule has 0 radical (unpaired) electrons. The first kappa shape index (κ1) is 26.6. The molecule has 0 atom stereocenters. The second kappa shape index (κ2) is 10.9. The number of rotatable bonds is 5. The van der Waals surface area contributed by atoms with E-state index in [1.165, 1.54) is 18.3 Å². The van der Waals surface area contributed by atoms with Crippen LogP contribution in [0.3, 0.4) is 0 Å². The summed E-state index contributed by atoms with van der Waals surface area (Å²) in [6, 6.07) is 6.91. The normalized spacial score (nSPS) is 17.9. The number of likely N-dealkylation sites (tertiary alicyclic amines) is 1. The van der Waals surface area contributed by atoms with Gasteiger partial charge in [-0.25, -0.2) is 14.4 Å². The van der Waals surface area contributed by atoms with Crippen molar-refractivity contribution in [3.63, 3.8) is 0 Å². The van der Waals surface area contributed by atoms with Crippen LogP contribution in [-0.2, 0) is 6.18 Å². The van der Waals surface area contributed by atoms with Crippen molar-refractivity contribution in [3.05, 3.63) is 83.2 Å². The number of amides is 1. The maximum absolute atomic E-state index is 13.6. The van der Waals surface area contributed by atoms with Crippen LogP contribution in [0.1, 0.15) is 34.3 Å². The third-order valence-corrected chi connectivity index (χ3v) is 5.93. The Morgan fingerprint density at radius 2 is 1.89 bits per heavy atom. The number of aliphatic imine (C=N–C) groups is 3. The van der Waals surface area contributed by atoms with Gasteiger partial charge in [0.15, 0.2) is 0 Å². The average Bonchev–Trinajstić information content (AvgIpc) is 3.41. The van der Waals surface area contributed by atoms with E-state index in [1.807, 2.05) is 4.90 Å². The highest BCUT2D eigenvalue weighted by Gasteiger charge is 2.34. The van der Waals surface area contributed by atoms with Gasteiger partial charge in [0.2, 0.25) is 5.96 Å². The van der Waals surface area contributed by atoms with Crippen molar-refractivity contribution in [2.75, 3.05) is 23.7 Å². The second-order valence-corrected chi connectivity index (χ2v) is 8.62. The van der Waals surface area contributed by atoms with Gasteiger partial charge < -0.3 is 21.3 Å². The molecule has 1 saturated heterocycles. The summed E-state index contributed by atoms with van der Waals surface area (Å²) < 4.78 is 52.7. The molecule has 1 fully saturated rings. The highest BCUT2D eigenvalue weighted by atomic mass is 19.4. The molecule has 2 aliphatic rings. The molecule has 198 valence electrons. The number of hydrogen-bond acceptors (Lipinski definition) is 7. The van der Waals surface area contributed by atoms with E-state index in [0.717, 1.165) is 37.6 Å². The van der Waals surface area contributed by atoms with Gasteiger partial charge in [0, 0.05) is 36.2 Å². The molecule has 0 unspecified atom stereocenters. The van der Waals surface area contributed by atoms with Gasteiger partial charge in [0.1, 0.15) is 23.0 Å². The molecule has 2 aromatic carbocycles. The third kappa shape index (κ3) is 5.90.